The highest BCUT2D eigenvalue weighted by Gasteiger charge is 2.23. The Morgan fingerprint density at radius 1 is 1.05 bits per heavy atom. The van der Waals surface area contributed by atoms with Gasteiger partial charge in [-0.2, -0.15) is 0 Å². The fraction of sp³-hybridized carbons (Fsp3) is 0.600. The van der Waals surface area contributed by atoms with Crippen molar-refractivity contribution < 1.29 is 5.11 Å². The number of benzene rings is 1. The fourth-order valence-electron chi connectivity index (χ4n) is 2.91. The topological polar surface area (TPSA) is 32.3 Å². The van der Waals surface area contributed by atoms with Crippen LogP contribution in [-0.4, -0.2) is 18.3 Å². The van der Waals surface area contributed by atoms with E-state index >= 15 is 0 Å². The van der Waals surface area contributed by atoms with E-state index in [1.807, 2.05) is 12.1 Å². The zero-order chi connectivity index (χ0) is 13.7. The first kappa shape index (κ1) is 15.1. The van der Waals surface area contributed by atoms with Gasteiger partial charge >= 0.3 is 0 Å². The molecule has 1 fully saturated rings. The van der Waals surface area contributed by atoms with Crippen LogP contribution < -0.4 is 5.32 Å². The molecule has 0 bridgehead atoms. The van der Waals surface area contributed by atoms with Gasteiger partial charge in [-0.3, -0.25) is 0 Å². The van der Waals surface area contributed by atoms with Gasteiger partial charge < -0.3 is 10.4 Å². The Kier molecular flexibility index (Phi) is 5.96. The lowest BCUT2D eigenvalue weighted by molar-refractivity contribution is 0.133. The average molecular weight is 302 g/mol. The largest absolute Gasteiger partial charge is 0.396 e. The van der Waals surface area contributed by atoms with Crippen LogP contribution in [0.3, 0.4) is 0 Å². The molecule has 1 aromatic carbocycles. The summed E-state index contributed by atoms with van der Waals surface area (Å²) in [4.78, 5) is 0. The van der Waals surface area contributed by atoms with E-state index in [-0.39, 0.29) is 0 Å². The molecule has 106 valence electrons. The molecule has 2 atom stereocenters. The summed E-state index contributed by atoms with van der Waals surface area (Å²) < 4.78 is 0. The van der Waals surface area contributed by atoms with E-state index in [0.717, 1.165) is 25.1 Å². The molecule has 0 aliphatic heterocycles. The molecule has 0 amide bonds. The highest BCUT2D eigenvalue weighted by atomic mass is 35.5. The van der Waals surface area contributed by atoms with Crippen molar-refractivity contribution in [3.63, 3.8) is 0 Å². The third-order valence-corrected chi connectivity index (χ3v) is 4.40. The summed E-state index contributed by atoms with van der Waals surface area (Å²) in [5, 5.41) is 14.2. The van der Waals surface area contributed by atoms with Crippen LogP contribution in [0.5, 0.6) is 0 Å². The van der Waals surface area contributed by atoms with Crippen molar-refractivity contribution >= 4 is 23.2 Å². The van der Waals surface area contributed by atoms with Gasteiger partial charge in [-0.25, -0.2) is 0 Å². The highest BCUT2D eigenvalue weighted by Crippen LogP contribution is 2.29. The molecular weight excluding hydrogens is 281 g/mol. The smallest absolute Gasteiger partial charge is 0.0462 e. The van der Waals surface area contributed by atoms with Crippen LogP contribution in [0, 0.1) is 11.8 Å². The van der Waals surface area contributed by atoms with E-state index in [2.05, 4.69) is 5.32 Å². The molecule has 0 spiro atoms. The van der Waals surface area contributed by atoms with E-state index < -0.39 is 0 Å². The van der Waals surface area contributed by atoms with Crippen LogP contribution >= 0.6 is 23.2 Å². The van der Waals surface area contributed by atoms with E-state index in [4.69, 9.17) is 23.2 Å². The van der Waals surface area contributed by atoms with Crippen LogP contribution in [0.2, 0.25) is 10.0 Å². The second-order valence-corrected chi connectivity index (χ2v) is 6.27. The molecule has 1 aliphatic carbocycles. The van der Waals surface area contributed by atoms with Crippen molar-refractivity contribution in [2.75, 3.05) is 13.2 Å². The molecule has 1 aliphatic rings. The standard InChI is InChI=1S/C15H21Cl2NO/c16-14-5-11(6-15(17)7-14)8-18-9-12-3-1-2-4-13(12)10-19/h5-7,12-13,18-19H,1-4,8-10H2. The van der Waals surface area contributed by atoms with Gasteiger partial charge in [0.2, 0.25) is 0 Å². The Bertz CT molecular complexity index is 391. The maximum absolute atomic E-state index is 9.39. The normalized spacial score (nSPS) is 23.5. The van der Waals surface area contributed by atoms with Gasteiger partial charge in [-0.05, 0) is 55.0 Å². The lowest BCUT2D eigenvalue weighted by Gasteiger charge is -2.30. The third-order valence-electron chi connectivity index (χ3n) is 3.96. The molecular formula is C15H21Cl2NO. The van der Waals surface area contributed by atoms with Gasteiger partial charge in [0.1, 0.15) is 0 Å². The van der Waals surface area contributed by atoms with Crippen molar-refractivity contribution in [2.24, 2.45) is 11.8 Å². The Hall–Kier alpha value is -0.280. The Labute approximate surface area is 125 Å². The molecule has 0 heterocycles. The molecule has 2 nitrogen and oxygen atoms in total. The van der Waals surface area contributed by atoms with Crippen LogP contribution in [-0.2, 0) is 6.54 Å². The minimum absolute atomic E-state index is 0.315. The maximum atomic E-state index is 9.39. The van der Waals surface area contributed by atoms with E-state index in [9.17, 15) is 5.11 Å². The van der Waals surface area contributed by atoms with Crippen molar-refractivity contribution in [3.05, 3.63) is 33.8 Å². The molecule has 19 heavy (non-hydrogen) atoms. The SMILES string of the molecule is OCC1CCCCC1CNCc1cc(Cl)cc(Cl)c1. The first-order valence-corrected chi connectivity index (χ1v) is 7.71. The van der Waals surface area contributed by atoms with Gasteiger partial charge in [0.05, 0.1) is 0 Å². The third kappa shape index (κ3) is 4.64. The Morgan fingerprint density at radius 2 is 1.68 bits per heavy atom. The summed E-state index contributed by atoms with van der Waals surface area (Å²) in [5.74, 6) is 1.05. The molecule has 2 unspecified atom stereocenters. The van der Waals surface area contributed by atoms with Gasteiger partial charge in [-0.15, -0.1) is 0 Å². The Balaban J connectivity index is 1.82. The predicted octanol–water partition coefficient (Wildman–Crippen LogP) is 3.88. The van der Waals surface area contributed by atoms with Crippen LogP contribution in [0.4, 0.5) is 0 Å². The van der Waals surface area contributed by atoms with Crippen molar-refractivity contribution in [1.82, 2.24) is 5.32 Å². The van der Waals surface area contributed by atoms with Crippen LogP contribution in [0.25, 0.3) is 0 Å². The van der Waals surface area contributed by atoms with Crippen LogP contribution in [0.1, 0.15) is 31.2 Å². The van der Waals surface area contributed by atoms with Crippen molar-refractivity contribution in [1.29, 1.82) is 0 Å². The molecule has 0 saturated heterocycles. The number of hydrogen-bond acceptors (Lipinski definition) is 2. The average Bonchev–Trinajstić information content (AvgIpc) is 2.38. The van der Waals surface area contributed by atoms with E-state index in [0.29, 0.717) is 28.5 Å². The number of nitrogens with one attached hydrogen (secondary N) is 1. The van der Waals surface area contributed by atoms with Crippen molar-refractivity contribution in [3.8, 4) is 0 Å². The zero-order valence-electron chi connectivity index (χ0n) is 11.0. The highest BCUT2D eigenvalue weighted by molar-refractivity contribution is 6.34. The summed E-state index contributed by atoms with van der Waals surface area (Å²) in [5.41, 5.74) is 1.11. The quantitative estimate of drug-likeness (QED) is 0.865. The predicted molar refractivity (Wildman–Crippen MR) is 80.7 cm³/mol. The monoisotopic (exact) mass is 301 g/mol. The lowest BCUT2D eigenvalue weighted by Crippen LogP contribution is -2.32. The zero-order valence-corrected chi connectivity index (χ0v) is 12.6. The van der Waals surface area contributed by atoms with Gasteiger partial charge in [0.25, 0.3) is 0 Å². The molecule has 1 aromatic rings. The molecule has 0 aromatic heterocycles. The first-order valence-electron chi connectivity index (χ1n) is 6.95. The number of aliphatic hydroxyl groups excluding tert-OH is 1. The first-order chi connectivity index (χ1) is 9.19. The minimum Gasteiger partial charge on any atom is -0.396 e. The van der Waals surface area contributed by atoms with Gasteiger partial charge in [0.15, 0.2) is 0 Å². The second kappa shape index (κ2) is 7.49. The molecule has 0 radical (unpaired) electrons. The van der Waals surface area contributed by atoms with E-state index in [1.165, 1.54) is 19.3 Å². The van der Waals surface area contributed by atoms with Crippen LogP contribution in [0.15, 0.2) is 18.2 Å². The van der Waals surface area contributed by atoms with Gasteiger partial charge in [0, 0.05) is 23.2 Å². The van der Waals surface area contributed by atoms with Gasteiger partial charge in [-0.1, -0.05) is 36.0 Å². The molecule has 2 N–H and O–H groups in total. The molecule has 4 heteroatoms. The Morgan fingerprint density at radius 3 is 2.32 bits per heavy atom. The minimum atomic E-state index is 0.315. The number of halogens is 2. The second-order valence-electron chi connectivity index (χ2n) is 5.40. The van der Waals surface area contributed by atoms with E-state index in [1.54, 1.807) is 6.07 Å². The maximum Gasteiger partial charge on any atom is 0.0462 e. The molecule has 2 rings (SSSR count). The summed E-state index contributed by atoms with van der Waals surface area (Å²) in [6.45, 7) is 2.04. The summed E-state index contributed by atoms with van der Waals surface area (Å²) in [7, 11) is 0. The summed E-state index contributed by atoms with van der Waals surface area (Å²) >= 11 is 12.0. The summed E-state index contributed by atoms with van der Waals surface area (Å²) in [6.07, 6.45) is 4.91. The number of hydrogen-bond donors (Lipinski definition) is 2. The summed E-state index contributed by atoms with van der Waals surface area (Å²) in [6, 6.07) is 5.62. The fourth-order valence-corrected chi connectivity index (χ4v) is 3.48. The number of rotatable bonds is 5. The number of aliphatic hydroxyl groups is 1. The lowest BCUT2D eigenvalue weighted by atomic mass is 9.79. The molecule has 1 saturated carbocycles. The van der Waals surface area contributed by atoms with Crippen molar-refractivity contribution in [2.45, 2.75) is 32.2 Å².